The van der Waals surface area contributed by atoms with Gasteiger partial charge in [0.25, 0.3) is 0 Å². The van der Waals surface area contributed by atoms with Crippen LogP contribution in [0.25, 0.3) is 0 Å². The lowest BCUT2D eigenvalue weighted by molar-refractivity contribution is 0.221. The second-order valence-electron chi connectivity index (χ2n) is 4.79. The number of benzene rings is 2. The van der Waals surface area contributed by atoms with E-state index < -0.39 is 6.10 Å². The highest BCUT2D eigenvalue weighted by atomic mass is 35.5. The summed E-state index contributed by atoms with van der Waals surface area (Å²) in [6.07, 6.45) is 1.73. The Bertz CT molecular complexity index is 546. The molecule has 3 heteroatoms. The maximum absolute atomic E-state index is 13.8. The Kier molecular flexibility index (Phi) is 7.97. The molecule has 22 heavy (non-hydrogen) atoms. The van der Waals surface area contributed by atoms with Crippen LogP contribution < -0.4 is 4.74 Å². The van der Waals surface area contributed by atoms with Crippen molar-refractivity contribution in [1.29, 1.82) is 0 Å². The van der Waals surface area contributed by atoms with Gasteiger partial charge in [-0.3, -0.25) is 0 Å². The molecule has 2 aromatic carbocycles. The van der Waals surface area contributed by atoms with E-state index in [1.54, 1.807) is 19.1 Å². The van der Waals surface area contributed by atoms with Crippen molar-refractivity contribution in [3.63, 3.8) is 0 Å². The van der Waals surface area contributed by atoms with Gasteiger partial charge in [-0.25, -0.2) is 4.39 Å². The van der Waals surface area contributed by atoms with Crippen molar-refractivity contribution in [3.05, 3.63) is 64.4 Å². The smallest absolute Gasteiger partial charge is 0.131 e. The fourth-order valence-corrected chi connectivity index (χ4v) is 2.50. The lowest BCUT2D eigenvalue weighted by atomic mass is 10.1. The van der Waals surface area contributed by atoms with Crippen LogP contribution >= 0.6 is 11.6 Å². The first-order valence-electron chi connectivity index (χ1n) is 7.81. The van der Waals surface area contributed by atoms with Crippen molar-refractivity contribution in [2.24, 2.45) is 0 Å². The van der Waals surface area contributed by atoms with E-state index in [0.29, 0.717) is 10.6 Å². The van der Waals surface area contributed by atoms with E-state index >= 15 is 0 Å². The number of aryl methyl sites for hydroxylation is 1. The summed E-state index contributed by atoms with van der Waals surface area (Å²) in [5.41, 5.74) is 1.67. The molecule has 2 aromatic rings. The van der Waals surface area contributed by atoms with Crippen LogP contribution in [0.15, 0.2) is 42.5 Å². The van der Waals surface area contributed by atoms with Crippen molar-refractivity contribution in [3.8, 4) is 5.75 Å². The molecule has 0 spiro atoms. The highest BCUT2D eigenvalue weighted by Crippen LogP contribution is 2.29. The molecule has 0 aliphatic heterocycles. The van der Waals surface area contributed by atoms with Gasteiger partial charge in [-0.15, -0.1) is 0 Å². The molecule has 0 saturated carbocycles. The molecule has 0 N–H and O–H groups in total. The third-order valence-corrected chi connectivity index (χ3v) is 3.51. The van der Waals surface area contributed by atoms with Crippen LogP contribution in [0, 0.1) is 5.82 Å². The Morgan fingerprint density at radius 1 is 1.09 bits per heavy atom. The summed E-state index contributed by atoms with van der Waals surface area (Å²) in [5, 5.41) is 0.389. The molecule has 0 fully saturated rings. The summed E-state index contributed by atoms with van der Waals surface area (Å²) in [4.78, 5) is 0. The number of hydrogen-bond acceptors (Lipinski definition) is 1. The van der Waals surface area contributed by atoms with Crippen LogP contribution in [-0.2, 0) is 6.42 Å². The summed E-state index contributed by atoms with van der Waals surface area (Å²) < 4.78 is 19.6. The van der Waals surface area contributed by atoms with E-state index in [-0.39, 0.29) is 5.82 Å². The fourth-order valence-electron chi connectivity index (χ4n) is 2.19. The quantitative estimate of drug-likeness (QED) is 0.602. The first-order chi connectivity index (χ1) is 10.6. The van der Waals surface area contributed by atoms with Crippen molar-refractivity contribution in [2.45, 2.75) is 46.6 Å². The molecule has 1 nitrogen and oxygen atoms in total. The normalized spacial score (nSPS) is 11.4. The van der Waals surface area contributed by atoms with Gasteiger partial charge in [-0.05, 0) is 43.2 Å². The fraction of sp³-hybridized carbons (Fsp3) is 0.368. The van der Waals surface area contributed by atoms with E-state index in [9.17, 15) is 4.39 Å². The average molecular weight is 323 g/mol. The standard InChI is InChI=1S/C17H18ClFO.C2H6/c1-3-5-13-8-10-14(11-9-13)20-12(2)17-15(18)6-4-7-16(17)19;1-2/h4,6-12H,3,5H2,1-2H3;1-2H3. The van der Waals surface area contributed by atoms with Gasteiger partial charge in [0, 0.05) is 5.56 Å². The van der Waals surface area contributed by atoms with Crippen LogP contribution in [0.2, 0.25) is 5.02 Å². The molecule has 0 bridgehead atoms. The van der Waals surface area contributed by atoms with Gasteiger partial charge in [0.05, 0.1) is 5.02 Å². The van der Waals surface area contributed by atoms with Gasteiger partial charge in [-0.2, -0.15) is 0 Å². The molecule has 0 heterocycles. The molecule has 0 aromatic heterocycles. The molecule has 0 amide bonds. The average Bonchev–Trinajstić information content (AvgIpc) is 2.51. The summed E-state index contributed by atoms with van der Waals surface area (Å²) in [6, 6.07) is 12.6. The van der Waals surface area contributed by atoms with Crippen molar-refractivity contribution in [1.82, 2.24) is 0 Å². The molecule has 120 valence electrons. The minimum absolute atomic E-state index is 0.340. The van der Waals surface area contributed by atoms with Crippen molar-refractivity contribution < 1.29 is 9.13 Å². The molecular formula is C19H24ClFO. The van der Waals surface area contributed by atoms with Crippen molar-refractivity contribution >= 4 is 11.6 Å². The van der Waals surface area contributed by atoms with Crippen LogP contribution in [0.1, 0.15) is 51.3 Å². The summed E-state index contributed by atoms with van der Waals surface area (Å²) in [5.74, 6) is 0.379. The van der Waals surface area contributed by atoms with E-state index in [1.165, 1.54) is 11.6 Å². The predicted molar refractivity (Wildman–Crippen MR) is 92.2 cm³/mol. The molecule has 0 aliphatic rings. The Hall–Kier alpha value is -1.54. The van der Waals surface area contributed by atoms with Gasteiger partial charge in [0.1, 0.15) is 17.7 Å². The van der Waals surface area contributed by atoms with Gasteiger partial charge in [0.2, 0.25) is 0 Å². The Morgan fingerprint density at radius 2 is 1.73 bits per heavy atom. The molecule has 0 radical (unpaired) electrons. The zero-order valence-corrected chi connectivity index (χ0v) is 14.5. The lowest BCUT2D eigenvalue weighted by Gasteiger charge is -2.17. The topological polar surface area (TPSA) is 9.23 Å². The zero-order valence-electron chi connectivity index (χ0n) is 13.7. The van der Waals surface area contributed by atoms with E-state index in [1.807, 2.05) is 38.1 Å². The van der Waals surface area contributed by atoms with Crippen LogP contribution in [0.4, 0.5) is 4.39 Å². The first-order valence-corrected chi connectivity index (χ1v) is 8.19. The Morgan fingerprint density at radius 3 is 2.27 bits per heavy atom. The number of halogens is 2. The molecule has 0 aliphatic carbocycles. The van der Waals surface area contributed by atoms with E-state index in [2.05, 4.69) is 6.92 Å². The van der Waals surface area contributed by atoms with E-state index in [4.69, 9.17) is 16.3 Å². The minimum atomic E-state index is -0.430. The highest BCUT2D eigenvalue weighted by molar-refractivity contribution is 6.31. The molecule has 1 atom stereocenters. The maximum Gasteiger partial charge on any atom is 0.131 e. The molecule has 2 rings (SSSR count). The van der Waals surface area contributed by atoms with Gasteiger partial charge in [0.15, 0.2) is 0 Å². The lowest BCUT2D eigenvalue weighted by Crippen LogP contribution is -2.06. The maximum atomic E-state index is 13.8. The number of ether oxygens (including phenoxy) is 1. The SMILES string of the molecule is CC.CCCc1ccc(OC(C)c2c(F)cccc2Cl)cc1. The molecule has 0 saturated heterocycles. The first kappa shape index (κ1) is 18.5. The van der Waals surface area contributed by atoms with Crippen LogP contribution in [-0.4, -0.2) is 0 Å². The summed E-state index contributed by atoms with van der Waals surface area (Å²) >= 11 is 6.04. The molecule has 1 unspecified atom stereocenters. The Labute approximate surface area is 138 Å². The van der Waals surface area contributed by atoms with Crippen LogP contribution in [0.5, 0.6) is 5.75 Å². The largest absolute Gasteiger partial charge is 0.486 e. The predicted octanol–water partition coefficient (Wildman–Crippen LogP) is 6.60. The third kappa shape index (κ3) is 5.03. The van der Waals surface area contributed by atoms with Crippen molar-refractivity contribution in [2.75, 3.05) is 0 Å². The monoisotopic (exact) mass is 322 g/mol. The Balaban J connectivity index is 0.00000116. The highest BCUT2D eigenvalue weighted by Gasteiger charge is 2.16. The number of rotatable bonds is 5. The third-order valence-electron chi connectivity index (χ3n) is 3.18. The zero-order chi connectivity index (χ0) is 16.5. The summed E-state index contributed by atoms with van der Waals surface area (Å²) in [7, 11) is 0. The second kappa shape index (κ2) is 9.47. The minimum Gasteiger partial charge on any atom is -0.486 e. The summed E-state index contributed by atoms with van der Waals surface area (Å²) in [6.45, 7) is 7.94. The van der Waals surface area contributed by atoms with E-state index in [0.717, 1.165) is 18.6 Å². The van der Waals surface area contributed by atoms with Gasteiger partial charge in [-0.1, -0.05) is 57.0 Å². The van der Waals surface area contributed by atoms with Gasteiger partial charge < -0.3 is 4.74 Å². The van der Waals surface area contributed by atoms with Gasteiger partial charge >= 0.3 is 0 Å². The number of hydrogen-bond donors (Lipinski definition) is 0. The second-order valence-corrected chi connectivity index (χ2v) is 5.20. The molecular weight excluding hydrogens is 299 g/mol. The van der Waals surface area contributed by atoms with Crippen LogP contribution in [0.3, 0.4) is 0 Å².